The molecule has 0 aromatic rings. The first kappa shape index (κ1) is 12.3. The number of carboxylic acid groups (broad SMARTS) is 1. The molecule has 2 radical (unpaired) electrons. The molecule has 0 heterocycles. The molecule has 0 atom stereocenters. The zero-order valence-electron chi connectivity index (χ0n) is 7.19. The summed E-state index contributed by atoms with van der Waals surface area (Å²) in [5.41, 5.74) is 0. The molecule has 0 aliphatic rings. The lowest BCUT2D eigenvalue weighted by molar-refractivity contribution is -0.141. The van der Waals surface area contributed by atoms with Crippen molar-refractivity contribution in [1.29, 1.82) is 0 Å². The Balaban J connectivity index is 3.88. The molecule has 0 aromatic carbocycles. The van der Waals surface area contributed by atoms with Gasteiger partial charge in [0.1, 0.15) is 12.8 Å². The van der Waals surface area contributed by atoms with Crippen LogP contribution in [-0.4, -0.2) is 28.6 Å². The molecule has 0 unspecified atom stereocenters. The summed E-state index contributed by atoms with van der Waals surface area (Å²) in [6, 6.07) is 0. The minimum Gasteiger partial charge on any atom is -0.481 e. The summed E-state index contributed by atoms with van der Waals surface area (Å²) < 4.78 is 3.70. The van der Waals surface area contributed by atoms with Crippen LogP contribution in [0, 0.1) is 7.11 Å². The number of esters is 1. The predicted octanol–water partition coefficient (Wildman–Crippen LogP) is -0.409. The second kappa shape index (κ2) is 5.85. The zero-order chi connectivity index (χ0) is 11.1. The summed E-state index contributed by atoms with van der Waals surface area (Å²) in [5.74, 6) is -3.75. The molecular weight excluding hydrogens is 192 g/mol. The van der Waals surface area contributed by atoms with Gasteiger partial charge in [-0.1, -0.05) is 0 Å². The first-order chi connectivity index (χ1) is 6.45. The van der Waals surface area contributed by atoms with E-state index in [4.69, 9.17) is 5.11 Å². The van der Waals surface area contributed by atoms with E-state index in [0.29, 0.717) is 0 Å². The largest absolute Gasteiger partial charge is 0.481 e. The smallest absolute Gasteiger partial charge is 0.313 e. The second-order valence-corrected chi connectivity index (χ2v) is 2.49. The molecule has 0 aliphatic carbocycles. The Bertz CT molecular complexity index is 267. The normalized spacial score (nSPS) is 9.21. The average molecular weight is 200 g/mol. The van der Waals surface area contributed by atoms with E-state index in [9.17, 15) is 19.2 Å². The van der Waals surface area contributed by atoms with Crippen LogP contribution in [-0.2, 0) is 23.9 Å². The van der Waals surface area contributed by atoms with Gasteiger partial charge in [-0.05, 0) is 0 Å². The number of ether oxygens (including phenoxy) is 1. The third-order valence-corrected chi connectivity index (χ3v) is 1.22. The topological polar surface area (TPSA) is 97.7 Å². The number of carbonyl (C=O) groups excluding carboxylic acids is 3. The second-order valence-electron chi connectivity index (χ2n) is 2.49. The quantitative estimate of drug-likeness (QED) is 0.462. The Morgan fingerprint density at radius 1 is 1.00 bits per heavy atom. The van der Waals surface area contributed by atoms with E-state index in [1.54, 1.807) is 0 Å². The Morgan fingerprint density at radius 2 is 1.50 bits per heavy atom. The van der Waals surface area contributed by atoms with Crippen LogP contribution < -0.4 is 0 Å². The maximum Gasteiger partial charge on any atom is 0.313 e. The maximum absolute atomic E-state index is 10.8. The third kappa shape index (κ3) is 5.87. The minimum atomic E-state index is -1.32. The highest BCUT2D eigenvalue weighted by molar-refractivity contribution is 6.09. The van der Waals surface area contributed by atoms with E-state index >= 15 is 0 Å². The molecule has 0 rings (SSSR count). The van der Waals surface area contributed by atoms with Crippen LogP contribution in [0.5, 0.6) is 0 Å². The zero-order valence-corrected chi connectivity index (χ0v) is 7.19. The Hall–Kier alpha value is -1.72. The van der Waals surface area contributed by atoms with Crippen LogP contribution in [0.4, 0.5) is 0 Å². The molecule has 0 amide bonds. The number of hydrogen-bond donors (Lipinski definition) is 1. The standard InChI is InChI=1S/C8H8O6/c1-14-8(13)4-6(10)2-5(9)3-7(11)12/h1H,2-4H2,(H,11,12). The van der Waals surface area contributed by atoms with Crippen LogP contribution in [0.15, 0.2) is 0 Å². The number of aliphatic carboxylic acids is 1. The maximum atomic E-state index is 10.8. The van der Waals surface area contributed by atoms with Gasteiger partial charge < -0.3 is 9.84 Å². The highest BCUT2D eigenvalue weighted by atomic mass is 16.5. The van der Waals surface area contributed by atoms with Gasteiger partial charge >= 0.3 is 11.9 Å². The van der Waals surface area contributed by atoms with Crippen molar-refractivity contribution in [3.8, 4) is 0 Å². The minimum absolute atomic E-state index is 0.596. The van der Waals surface area contributed by atoms with Gasteiger partial charge in [0.25, 0.3) is 0 Å². The summed E-state index contributed by atoms with van der Waals surface area (Å²) >= 11 is 0. The van der Waals surface area contributed by atoms with E-state index in [-0.39, 0.29) is 0 Å². The monoisotopic (exact) mass is 200 g/mol. The van der Waals surface area contributed by atoms with Gasteiger partial charge in [0.05, 0.1) is 6.42 Å². The van der Waals surface area contributed by atoms with Crippen molar-refractivity contribution in [1.82, 2.24) is 0 Å². The molecule has 1 N–H and O–H groups in total. The van der Waals surface area contributed by atoms with Crippen LogP contribution in [0.2, 0.25) is 0 Å². The lowest BCUT2D eigenvalue weighted by atomic mass is 10.1. The Kier molecular flexibility index (Phi) is 5.13. The molecule has 0 spiro atoms. The summed E-state index contributed by atoms with van der Waals surface area (Å²) in [5, 5.41) is 8.18. The molecule has 6 heteroatoms. The first-order valence-corrected chi connectivity index (χ1v) is 3.60. The van der Waals surface area contributed by atoms with E-state index < -0.39 is 42.8 Å². The Morgan fingerprint density at radius 3 is 1.93 bits per heavy atom. The molecule has 0 bridgehead atoms. The third-order valence-electron chi connectivity index (χ3n) is 1.22. The number of rotatable bonds is 6. The SMILES string of the molecule is [CH]OC(=O)CC(=O)CC(=O)CC(=O)O. The number of carboxylic acids is 1. The molecular formula is C8H8O6. The fourth-order valence-corrected chi connectivity index (χ4v) is 0.716. The number of carbonyl (C=O) groups is 4. The van der Waals surface area contributed by atoms with Crippen molar-refractivity contribution in [3.05, 3.63) is 7.11 Å². The molecule has 14 heavy (non-hydrogen) atoms. The Labute approximate surface area is 79.8 Å². The van der Waals surface area contributed by atoms with Gasteiger partial charge in [0, 0.05) is 0 Å². The molecule has 0 fully saturated rings. The number of hydrogen-bond acceptors (Lipinski definition) is 5. The molecule has 0 saturated heterocycles. The van der Waals surface area contributed by atoms with Gasteiger partial charge in [0.2, 0.25) is 0 Å². The van der Waals surface area contributed by atoms with Gasteiger partial charge in [-0.15, -0.1) is 0 Å². The van der Waals surface area contributed by atoms with Gasteiger partial charge in [-0.2, -0.15) is 0 Å². The summed E-state index contributed by atoms with van der Waals surface area (Å²) in [7, 11) is 4.45. The van der Waals surface area contributed by atoms with E-state index in [1.807, 2.05) is 0 Å². The molecule has 0 aromatic heterocycles. The van der Waals surface area contributed by atoms with E-state index in [2.05, 4.69) is 11.8 Å². The highest BCUT2D eigenvalue weighted by Crippen LogP contribution is 1.97. The van der Waals surface area contributed by atoms with E-state index in [1.165, 1.54) is 0 Å². The molecule has 76 valence electrons. The fraction of sp³-hybridized carbons (Fsp3) is 0.375. The van der Waals surface area contributed by atoms with Crippen molar-refractivity contribution in [2.75, 3.05) is 0 Å². The van der Waals surface area contributed by atoms with Crippen molar-refractivity contribution in [2.45, 2.75) is 19.3 Å². The fourth-order valence-electron chi connectivity index (χ4n) is 0.716. The lowest BCUT2D eigenvalue weighted by Gasteiger charge is -1.97. The summed E-state index contributed by atoms with van der Waals surface area (Å²) in [6.07, 6.45) is -1.95. The van der Waals surface area contributed by atoms with Crippen LogP contribution in [0.25, 0.3) is 0 Å². The highest BCUT2D eigenvalue weighted by Gasteiger charge is 2.15. The van der Waals surface area contributed by atoms with Gasteiger partial charge in [0.15, 0.2) is 18.7 Å². The molecule has 0 aliphatic heterocycles. The van der Waals surface area contributed by atoms with Crippen LogP contribution in [0.1, 0.15) is 19.3 Å². The first-order valence-electron chi connectivity index (χ1n) is 3.60. The average Bonchev–Trinajstić information content (AvgIpc) is 2.01. The number of Topliss-reactive ketones (excluding diaryl/α,β-unsaturated/α-hetero) is 2. The molecule has 6 nitrogen and oxygen atoms in total. The van der Waals surface area contributed by atoms with Gasteiger partial charge in [-0.3, -0.25) is 19.2 Å². The van der Waals surface area contributed by atoms with Crippen molar-refractivity contribution < 1.29 is 29.0 Å². The van der Waals surface area contributed by atoms with Crippen molar-refractivity contribution in [3.63, 3.8) is 0 Å². The van der Waals surface area contributed by atoms with Crippen LogP contribution in [0.3, 0.4) is 0 Å². The van der Waals surface area contributed by atoms with E-state index in [0.717, 1.165) is 0 Å². The number of ketones is 2. The van der Waals surface area contributed by atoms with Crippen LogP contribution >= 0.6 is 0 Å². The summed E-state index contributed by atoms with van der Waals surface area (Å²) in [6.45, 7) is 0. The molecule has 0 saturated carbocycles. The summed E-state index contributed by atoms with van der Waals surface area (Å²) in [4.78, 5) is 42.0. The van der Waals surface area contributed by atoms with Gasteiger partial charge in [-0.25, -0.2) is 0 Å². The van der Waals surface area contributed by atoms with Crippen molar-refractivity contribution >= 4 is 23.5 Å². The lowest BCUT2D eigenvalue weighted by Crippen LogP contribution is -2.15. The van der Waals surface area contributed by atoms with Crippen molar-refractivity contribution in [2.24, 2.45) is 0 Å². The predicted molar refractivity (Wildman–Crippen MR) is 41.9 cm³/mol.